The lowest BCUT2D eigenvalue weighted by Crippen LogP contribution is -2.63. The monoisotopic (exact) mass is 538 g/mol. The Morgan fingerprint density at radius 3 is 1.55 bits per heavy atom. The van der Waals surface area contributed by atoms with Crippen molar-refractivity contribution in [2.75, 3.05) is 6.61 Å². The van der Waals surface area contributed by atoms with Crippen LogP contribution in [0, 0.1) is 0 Å². The van der Waals surface area contributed by atoms with Crippen LogP contribution in [0.25, 0.3) is 0 Å². The third kappa shape index (κ3) is 6.67. The lowest BCUT2D eigenvalue weighted by molar-refractivity contribution is -0.374. The molecule has 6 heteroatoms. The van der Waals surface area contributed by atoms with Crippen LogP contribution < -0.4 is 0 Å². The Hall–Kier alpha value is -3.36. The molecule has 4 aromatic carbocycles. The van der Waals surface area contributed by atoms with Crippen molar-refractivity contribution in [1.82, 2.24) is 0 Å². The number of benzene rings is 4. The van der Waals surface area contributed by atoms with Gasteiger partial charge in [0.1, 0.15) is 24.4 Å². The molecule has 4 aromatic rings. The molecule has 6 nitrogen and oxygen atoms in total. The number of ether oxygens (including phenoxy) is 6. The Morgan fingerprint density at radius 2 is 1.00 bits per heavy atom. The minimum Gasteiger partial charge on any atom is -0.368 e. The van der Waals surface area contributed by atoms with Gasteiger partial charge >= 0.3 is 0 Å². The summed E-state index contributed by atoms with van der Waals surface area (Å²) >= 11 is 0. The Balaban J connectivity index is 1.27. The molecule has 0 aliphatic carbocycles. The van der Waals surface area contributed by atoms with Gasteiger partial charge < -0.3 is 28.4 Å². The van der Waals surface area contributed by atoms with E-state index in [9.17, 15) is 0 Å². The van der Waals surface area contributed by atoms with Gasteiger partial charge in [0, 0.05) is 5.56 Å². The summed E-state index contributed by atoms with van der Waals surface area (Å²) < 4.78 is 38.8. The molecule has 0 aromatic heterocycles. The van der Waals surface area contributed by atoms with Crippen LogP contribution in [0.5, 0.6) is 0 Å². The second-order valence-corrected chi connectivity index (χ2v) is 10.0. The summed E-state index contributed by atoms with van der Waals surface area (Å²) in [5, 5.41) is 0. The molecule has 2 heterocycles. The zero-order valence-electron chi connectivity index (χ0n) is 22.3. The maximum Gasteiger partial charge on any atom is 0.187 e. The Kier molecular flexibility index (Phi) is 8.95. The molecule has 206 valence electrons. The molecule has 6 unspecified atom stereocenters. The van der Waals surface area contributed by atoms with E-state index in [1.165, 1.54) is 0 Å². The van der Waals surface area contributed by atoms with Crippen molar-refractivity contribution in [1.29, 1.82) is 0 Å². The van der Waals surface area contributed by atoms with Gasteiger partial charge in [-0.3, -0.25) is 0 Å². The molecule has 2 saturated heterocycles. The lowest BCUT2D eigenvalue weighted by atomic mass is 9.97. The molecule has 0 radical (unpaired) electrons. The highest BCUT2D eigenvalue weighted by molar-refractivity contribution is 5.18. The first-order chi connectivity index (χ1) is 19.8. The summed E-state index contributed by atoms with van der Waals surface area (Å²) in [6, 6.07) is 40.2. The van der Waals surface area contributed by atoms with Gasteiger partial charge in [0.05, 0.1) is 26.4 Å². The third-order valence-electron chi connectivity index (χ3n) is 7.18. The van der Waals surface area contributed by atoms with Crippen LogP contribution in [-0.4, -0.2) is 37.3 Å². The number of fused-ring (bicyclic) bond motifs is 1. The van der Waals surface area contributed by atoms with Crippen molar-refractivity contribution < 1.29 is 28.4 Å². The van der Waals surface area contributed by atoms with Gasteiger partial charge in [-0.05, 0) is 16.7 Å². The molecule has 6 rings (SSSR count). The zero-order valence-corrected chi connectivity index (χ0v) is 22.3. The molecular weight excluding hydrogens is 504 g/mol. The van der Waals surface area contributed by atoms with Crippen LogP contribution in [-0.2, 0) is 48.2 Å². The van der Waals surface area contributed by atoms with Crippen LogP contribution >= 0.6 is 0 Å². The second kappa shape index (κ2) is 13.3. The summed E-state index contributed by atoms with van der Waals surface area (Å²) in [6.45, 7) is 1.53. The second-order valence-electron chi connectivity index (χ2n) is 10.0. The van der Waals surface area contributed by atoms with Crippen LogP contribution in [0.3, 0.4) is 0 Å². The van der Waals surface area contributed by atoms with E-state index < -0.39 is 30.9 Å². The van der Waals surface area contributed by atoms with Gasteiger partial charge in [0.15, 0.2) is 12.6 Å². The summed E-state index contributed by atoms with van der Waals surface area (Å²) in [6.07, 6.45) is -2.99. The molecule has 6 atom stereocenters. The molecule has 2 fully saturated rings. The molecule has 40 heavy (non-hydrogen) atoms. The standard InChI is InChI=1S/C34H34O6/c1-5-13-25(14-6-1)21-35-31-30-29(24-38-33(40-30)28-19-11-4-12-20-28)39-34(37-23-27-17-9-3-10-18-27)32(31)36-22-26-15-7-2-8-16-26/h1-20,29-34H,21-24H2. The first kappa shape index (κ1) is 26.8. The number of rotatable bonds is 10. The minimum absolute atomic E-state index is 0.353. The van der Waals surface area contributed by atoms with Crippen molar-refractivity contribution in [3.05, 3.63) is 144 Å². The summed E-state index contributed by atoms with van der Waals surface area (Å²) in [5.74, 6) is 0. The fourth-order valence-corrected chi connectivity index (χ4v) is 5.11. The molecule has 0 bridgehead atoms. The maximum absolute atomic E-state index is 6.64. The number of hydrogen-bond acceptors (Lipinski definition) is 6. The highest BCUT2D eigenvalue weighted by Gasteiger charge is 2.51. The molecular formula is C34H34O6. The van der Waals surface area contributed by atoms with E-state index in [2.05, 4.69) is 12.1 Å². The Bertz CT molecular complexity index is 1290. The molecule has 2 aliphatic heterocycles. The van der Waals surface area contributed by atoms with E-state index in [0.29, 0.717) is 26.4 Å². The highest BCUT2D eigenvalue weighted by atomic mass is 16.8. The minimum atomic E-state index is -0.675. The van der Waals surface area contributed by atoms with Gasteiger partial charge in [-0.15, -0.1) is 0 Å². The van der Waals surface area contributed by atoms with Crippen molar-refractivity contribution in [3.63, 3.8) is 0 Å². The van der Waals surface area contributed by atoms with Gasteiger partial charge in [-0.2, -0.15) is 0 Å². The van der Waals surface area contributed by atoms with E-state index in [1.54, 1.807) is 0 Å². The van der Waals surface area contributed by atoms with Crippen molar-refractivity contribution >= 4 is 0 Å². The van der Waals surface area contributed by atoms with E-state index in [0.717, 1.165) is 22.3 Å². The van der Waals surface area contributed by atoms with Gasteiger partial charge in [0.25, 0.3) is 0 Å². The van der Waals surface area contributed by atoms with Crippen LogP contribution in [0.15, 0.2) is 121 Å². The molecule has 0 N–H and O–H groups in total. The first-order valence-electron chi connectivity index (χ1n) is 13.8. The quantitative estimate of drug-likeness (QED) is 0.239. The van der Waals surface area contributed by atoms with Gasteiger partial charge in [0.2, 0.25) is 0 Å². The van der Waals surface area contributed by atoms with E-state index >= 15 is 0 Å². The Labute approximate surface area is 235 Å². The van der Waals surface area contributed by atoms with Crippen molar-refractivity contribution in [2.24, 2.45) is 0 Å². The highest BCUT2D eigenvalue weighted by Crippen LogP contribution is 2.37. The SMILES string of the molecule is c1ccc(COC2OC3COC(c4ccccc4)OC3C(OCc3ccccc3)C2OCc2ccccc2)cc1. The fraction of sp³-hybridized carbons (Fsp3) is 0.294. The first-order valence-corrected chi connectivity index (χ1v) is 13.8. The average Bonchev–Trinajstić information content (AvgIpc) is 3.03. The molecule has 0 saturated carbocycles. The molecule has 2 aliphatic rings. The van der Waals surface area contributed by atoms with E-state index in [4.69, 9.17) is 28.4 Å². The van der Waals surface area contributed by atoms with Gasteiger partial charge in [-0.1, -0.05) is 121 Å². The van der Waals surface area contributed by atoms with Crippen LogP contribution in [0.2, 0.25) is 0 Å². The van der Waals surface area contributed by atoms with E-state index in [-0.39, 0.29) is 6.10 Å². The predicted molar refractivity (Wildman–Crippen MR) is 150 cm³/mol. The zero-order chi connectivity index (χ0) is 27.0. The smallest absolute Gasteiger partial charge is 0.187 e. The predicted octanol–water partition coefficient (Wildman–Crippen LogP) is 6.21. The third-order valence-corrected chi connectivity index (χ3v) is 7.18. The summed E-state index contributed by atoms with van der Waals surface area (Å²) in [5.41, 5.74) is 4.13. The fourth-order valence-electron chi connectivity index (χ4n) is 5.11. The van der Waals surface area contributed by atoms with Crippen LogP contribution in [0.1, 0.15) is 28.5 Å². The normalized spacial score (nSPS) is 26.2. The summed E-state index contributed by atoms with van der Waals surface area (Å²) in [7, 11) is 0. The summed E-state index contributed by atoms with van der Waals surface area (Å²) in [4.78, 5) is 0. The average molecular weight is 539 g/mol. The van der Waals surface area contributed by atoms with E-state index in [1.807, 2.05) is 109 Å². The molecule has 0 amide bonds. The van der Waals surface area contributed by atoms with Crippen molar-refractivity contribution in [2.45, 2.75) is 56.8 Å². The van der Waals surface area contributed by atoms with Crippen molar-refractivity contribution in [3.8, 4) is 0 Å². The maximum atomic E-state index is 6.64. The van der Waals surface area contributed by atoms with Crippen LogP contribution in [0.4, 0.5) is 0 Å². The number of hydrogen-bond donors (Lipinski definition) is 0. The lowest BCUT2D eigenvalue weighted by Gasteiger charge is -2.49. The Morgan fingerprint density at radius 1 is 0.525 bits per heavy atom. The van der Waals surface area contributed by atoms with Gasteiger partial charge in [-0.25, -0.2) is 0 Å². The largest absolute Gasteiger partial charge is 0.368 e. The molecule has 0 spiro atoms. The topological polar surface area (TPSA) is 55.4 Å².